The zero-order chi connectivity index (χ0) is 18.7. The van der Waals surface area contributed by atoms with Crippen molar-refractivity contribution in [3.8, 4) is 11.5 Å². The molecule has 140 valence electrons. The van der Waals surface area contributed by atoms with Crippen LogP contribution < -0.4 is 0 Å². The predicted octanol–water partition coefficient (Wildman–Crippen LogP) is 2.44. The van der Waals surface area contributed by atoms with Crippen LogP contribution in [0, 0.1) is 5.82 Å². The third-order valence-electron chi connectivity index (χ3n) is 4.50. The van der Waals surface area contributed by atoms with Gasteiger partial charge < -0.3 is 9.32 Å². The Bertz CT molecular complexity index is 880. The second-order valence-electron chi connectivity index (χ2n) is 6.28. The Balaban J connectivity index is 1.76. The summed E-state index contributed by atoms with van der Waals surface area (Å²) < 4.78 is 43.1. The molecule has 26 heavy (non-hydrogen) atoms. The second kappa shape index (κ2) is 7.53. The molecule has 1 atom stereocenters. The van der Waals surface area contributed by atoms with Crippen LogP contribution in [0.25, 0.3) is 11.5 Å². The lowest BCUT2D eigenvalue weighted by Gasteiger charge is -2.35. The zero-order valence-electron chi connectivity index (χ0n) is 14.4. The van der Waals surface area contributed by atoms with Crippen LogP contribution in [0.2, 0.25) is 0 Å². The van der Waals surface area contributed by atoms with Crippen molar-refractivity contribution in [1.29, 1.82) is 0 Å². The van der Waals surface area contributed by atoms with Crippen molar-refractivity contribution >= 4 is 15.7 Å². The number of rotatable bonds is 5. The van der Waals surface area contributed by atoms with Crippen molar-refractivity contribution in [3.63, 3.8) is 0 Å². The van der Waals surface area contributed by atoms with Crippen LogP contribution >= 0.6 is 0 Å². The van der Waals surface area contributed by atoms with Gasteiger partial charge in [-0.1, -0.05) is 12.0 Å². The van der Waals surface area contributed by atoms with Gasteiger partial charge in [0.25, 0.3) is 0 Å². The normalized spacial score (nSPS) is 18.1. The number of amides is 1. The predicted molar refractivity (Wildman–Crippen MR) is 91.4 cm³/mol. The molecule has 7 nitrogen and oxygen atoms in total. The first-order chi connectivity index (χ1) is 12.4. The third kappa shape index (κ3) is 3.92. The molecule has 0 N–H and O–H groups in total. The molecule has 1 aliphatic heterocycles. The van der Waals surface area contributed by atoms with Crippen molar-refractivity contribution in [1.82, 2.24) is 15.1 Å². The molecule has 9 heteroatoms. The fourth-order valence-corrected chi connectivity index (χ4v) is 4.09. The monoisotopic (exact) mass is 381 g/mol. The van der Waals surface area contributed by atoms with Crippen molar-refractivity contribution < 1.29 is 22.0 Å². The van der Waals surface area contributed by atoms with Crippen LogP contribution in [0.1, 0.15) is 32.6 Å². The number of halogens is 1. The summed E-state index contributed by atoms with van der Waals surface area (Å²) >= 11 is 0. The number of sulfone groups is 1. The molecule has 1 aromatic heterocycles. The van der Waals surface area contributed by atoms with Crippen molar-refractivity contribution in [3.05, 3.63) is 30.1 Å². The number of likely N-dealkylation sites (tertiary alicyclic amines) is 1. The largest absolute Gasteiger partial charge is 0.408 e. The second-order valence-corrected chi connectivity index (χ2v) is 8.15. The molecular weight excluding hydrogens is 361 g/mol. The molecule has 0 saturated carbocycles. The van der Waals surface area contributed by atoms with Gasteiger partial charge in [-0.05, 0) is 49.9 Å². The average molecular weight is 381 g/mol. The van der Waals surface area contributed by atoms with Crippen molar-refractivity contribution in [2.75, 3.05) is 12.3 Å². The molecule has 0 bridgehead atoms. The molecule has 2 heterocycles. The van der Waals surface area contributed by atoms with Gasteiger partial charge in [-0.3, -0.25) is 4.79 Å². The lowest BCUT2D eigenvalue weighted by atomic mass is 10.0. The first kappa shape index (κ1) is 18.5. The number of nitrogens with zero attached hydrogens (tertiary/aromatic N) is 3. The molecule has 1 amide bonds. The minimum absolute atomic E-state index is 0.0413. The highest BCUT2D eigenvalue weighted by Crippen LogP contribution is 2.23. The van der Waals surface area contributed by atoms with Gasteiger partial charge in [0.05, 0.1) is 0 Å². The first-order valence-electron chi connectivity index (χ1n) is 8.52. The summed E-state index contributed by atoms with van der Waals surface area (Å²) in [4.78, 5) is 14.1. The van der Waals surface area contributed by atoms with Crippen LogP contribution in [0.15, 0.2) is 33.9 Å². The van der Waals surface area contributed by atoms with Gasteiger partial charge >= 0.3 is 5.22 Å². The molecule has 2 aromatic rings. The number of hydrogen-bond donors (Lipinski definition) is 0. The standard InChI is InChI=1S/C17H20FN3O4S/c1-2-14-5-3-4-10-21(14)15(22)11-26(23,24)17-20-19-16(25-17)12-6-8-13(18)9-7-12/h6-9,14H,2-5,10-11H2,1H3. The maximum atomic E-state index is 13.0. The maximum Gasteiger partial charge on any atom is 0.336 e. The number of aromatic nitrogens is 2. The molecule has 1 saturated heterocycles. The van der Waals surface area contributed by atoms with Crippen molar-refractivity contribution in [2.45, 2.75) is 43.9 Å². The van der Waals surface area contributed by atoms with Gasteiger partial charge in [-0.2, -0.15) is 0 Å². The summed E-state index contributed by atoms with van der Waals surface area (Å²) in [5.74, 6) is -1.62. The Hall–Kier alpha value is -2.29. The Morgan fingerprint density at radius 1 is 1.27 bits per heavy atom. The van der Waals surface area contributed by atoms with E-state index in [1.165, 1.54) is 24.3 Å². The van der Waals surface area contributed by atoms with E-state index in [1.807, 2.05) is 6.92 Å². The fourth-order valence-electron chi connectivity index (χ4n) is 3.11. The smallest absolute Gasteiger partial charge is 0.336 e. The van der Waals surface area contributed by atoms with E-state index in [-0.39, 0.29) is 11.9 Å². The lowest BCUT2D eigenvalue weighted by molar-refractivity contribution is -0.132. The Labute approximate surface area is 151 Å². The van der Waals surface area contributed by atoms with Gasteiger partial charge in [0, 0.05) is 18.2 Å². The van der Waals surface area contributed by atoms with Gasteiger partial charge in [0.15, 0.2) is 0 Å². The molecule has 0 radical (unpaired) electrons. The van der Waals surface area contributed by atoms with Gasteiger partial charge in [0.2, 0.25) is 21.6 Å². The molecule has 1 aromatic carbocycles. The van der Waals surface area contributed by atoms with Gasteiger partial charge in [0.1, 0.15) is 11.6 Å². The minimum atomic E-state index is -4.04. The van der Waals surface area contributed by atoms with E-state index in [0.29, 0.717) is 12.1 Å². The Morgan fingerprint density at radius 2 is 2.00 bits per heavy atom. The van der Waals surface area contributed by atoms with Gasteiger partial charge in [-0.25, -0.2) is 12.8 Å². The van der Waals surface area contributed by atoms with Crippen LogP contribution in [0.5, 0.6) is 0 Å². The van der Waals surface area contributed by atoms with E-state index in [0.717, 1.165) is 25.7 Å². The van der Waals surface area contributed by atoms with Crippen LogP contribution in [-0.2, 0) is 14.6 Å². The number of benzene rings is 1. The molecule has 1 fully saturated rings. The summed E-state index contributed by atoms with van der Waals surface area (Å²) in [5, 5.41) is 6.64. The summed E-state index contributed by atoms with van der Waals surface area (Å²) in [6.45, 7) is 2.55. The summed E-state index contributed by atoms with van der Waals surface area (Å²) in [7, 11) is -4.04. The molecule has 1 unspecified atom stereocenters. The molecular formula is C17H20FN3O4S. The minimum Gasteiger partial charge on any atom is -0.408 e. The topological polar surface area (TPSA) is 93.4 Å². The first-order valence-corrected chi connectivity index (χ1v) is 10.2. The highest BCUT2D eigenvalue weighted by Gasteiger charge is 2.32. The van der Waals surface area contributed by atoms with E-state index in [1.54, 1.807) is 4.90 Å². The van der Waals surface area contributed by atoms with E-state index in [2.05, 4.69) is 10.2 Å². The molecule has 1 aliphatic rings. The molecule has 0 spiro atoms. The van der Waals surface area contributed by atoms with E-state index in [9.17, 15) is 17.6 Å². The average Bonchev–Trinajstić information content (AvgIpc) is 3.13. The number of carbonyl (C=O) groups excluding carboxylic acids is 1. The molecule has 0 aliphatic carbocycles. The number of hydrogen-bond acceptors (Lipinski definition) is 6. The summed E-state index contributed by atoms with van der Waals surface area (Å²) in [6, 6.07) is 5.30. The van der Waals surface area contributed by atoms with Crippen molar-refractivity contribution in [2.24, 2.45) is 0 Å². The third-order valence-corrected chi connectivity index (χ3v) is 5.82. The van der Waals surface area contributed by atoms with E-state index >= 15 is 0 Å². The van der Waals surface area contributed by atoms with Crippen LogP contribution in [0.3, 0.4) is 0 Å². The van der Waals surface area contributed by atoms with E-state index in [4.69, 9.17) is 4.42 Å². The van der Waals surface area contributed by atoms with Gasteiger partial charge in [-0.15, -0.1) is 5.10 Å². The lowest BCUT2D eigenvalue weighted by Crippen LogP contribution is -2.45. The summed E-state index contributed by atoms with van der Waals surface area (Å²) in [5.41, 5.74) is 0.397. The van der Waals surface area contributed by atoms with Crippen LogP contribution in [0.4, 0.5) is 4.39 Å². The zero-order valence-corrected chi connectivity index (χ0v) is 15.2. The number of carbonyl (C=O) groups is 1. The fraction of sp³-hybridized carbons (Fsp3) is 0.471. The highest BCUT2D eigenvalue weighted by atomic mass is 32.2. The number of piperidine rings is 1. The SMILES string of the molecule is CCC1CCCCN1C(=O)CS(=O)(=O)c1nnc(-c2ccc(F)cc2)o1. The quantitative estimate of drug-likeness (QED) is 0.790. The Kier molecular flexibility index (Phi) is 5.36. The van der Waals surface area contributed by atoms with E-state index < -0.39 is 32.5 Å². The summed E-state index contributed by atoms with van der Waals surface area (Å²) in [6.07, 6.45) is 3.59. The highest BCUT2D eigenvalue weighted by molar-refractivity contribution is 7.91. The Morgan fingerprint density at radius 3 is 2.69 bits per heavy atom. The molecule has 3 rings (SSSR count). The van der Waals surface area contributed by atoms with Crippen LogP contribution in [-0.4, -0.2) is 47.8 Å². The maximum absolute atomic E-state index is 13.0.